The van der Waals surface area contributed by atoms with Crippen LogP contribution in [0.5, 0.6) is 0 Å². The first-order valence-electron chi connectivity index (χ1n) is 12.8. The van der Waals surface area contributed by atoms with Crippen LogP contribution in [-0.2, 0) is 19.1 Å². The van der Waals surface area contributed by atoms with Crippen molar-refractivity contribution in [2.45, 2.75) is 41.8 Å². The molecule has 2 aromatic carbocycles. The minimum atomic E-state index is -0.956. The predicted octanol–water partition coefficient (Wildman–Crippen LogP) is 3.31. The number of fused-ring (bicyclic) bond motifs is 3. The highest BCUT2D eigenvalue weighted by Crippen LogP contribution is 2.65. The SMILES string of the molecule is CC[C@@H](CO)N1C(=O)[C@@H]2[C@H]3C(=O)OCC=C[C@@]3(C)S[C@@]23C=CCN(c2ccc4ccccc4c2)C(=O)C13. The van der Waals surface area contributed by atoms with E-state index in [0.29, 0.717) is 13.0 Å². The average Bonchev–Trinajstić information content (AvgIpc) is 3.15. The van der Waals surface area contributed by atoms with Crippen LogP contribution in [-0.4, -0.2) is 69.1 Å². The van der Waals surface area contributed by atoms with Gasteiger partial charge in [0.25, 0.3) is 5.91 Å². The summed E-state index contributed by atoms with van der Waals surface area (Å²) < 4.78 is 3.83. The number of anilines is 1. The van der Waals surface area contributed by atoms with Gasteiger partial charge in [-0.25, -0.2) is 0 Å². The molecule has 0 aromatic heterocycles. The second kappa shape index (κ2) is 8.74. The molecule has 37 heavy (non-hydrogen) atoms. The van der Waals surface area contributed by atoms with E-state index in [0.717, 1.165) is 16.5 Å². The zero-order valence-corrected chi connectivity index (χ0v) is 21.7. The summed E-state index contributed by atoms with van der Waals surface area (Å²) >= 11 is 1.51. The molecule has 2 fully saturated rings. The number of carbonyl (C=O) groups excluding carboxylic acids is 3. The fraction of sp³-hybridized carbons (Fsp3) is 0.414. The Hall–Kier alpha value is -3.10. The van der Waals surface area contributed by atoms with Crippen molar-refractivity contribution in [1.82, 2.24) is 4.90 Å². The monoisotopic (exact) mass is 518 g/mol. The number of esters is 1. The van der Waals surface area contributed by atoms with E-state index in [1.54, 1.807) is 9.80 Å². The topological polar surface area (TPSA) is 87.2 Å². The molecule has 2 aromatic rings. The van der Waals surface area contributed by atoms with E-state index in [1.165, 1.54) is 11.8 Å². The van der Waals surface area contributed by atoms with Crippen molar-refractivity contribution >= 4 is 46.0 Å². The molecule has 6 rings (SSSR count). The summed E-state index contributed by atoms with van der Waals surface area (Å²) in [5.41, 5.74) is 0.751. The number of cyclic esters (lactones) is 1. The van der Waals surface area contributed by atoms with Gasteiger partial charge < -0.3 is 19.6 Å². The van der Waals surface area contributed by atoms with Crippen molar-refractivity contribution in [3.05, 3.63) is 66.8 Å². The predicted molar refractivity (Wildman–Crippen MR) is 143 cm³/mol. The first kappa shape index (κ1) is 24.2. The number of hydrogen-bond acceptors (Lipinski definition) is 6. The maximum Gasteiger partial charge on any atom is 0.311 e. The quantitative estimate of drug-likeness (QED) is 0.494. The normalized spacial score (nSPS) is 33.6. The van der Waals surface area contributed by atoms with Crippen LogP contribution < -0.4 is 4.90 Å². The lowest BCUT2D eigenvalue weighted by atomic mass is 9.75. The highest BCUT2D eigenvalue weighted by atomic mass is 32.2. The number of ether oxygens (including phenoxy) is 1. The fourth-order valence-corrected chi connectivity index (χ4v) is 8.82. The maximum absolute atomic E-state index is 14.5. The average molecular weight is 519 g/mol. The highest BCUT2D eigenvalue weighted by Gasteiger charge is 2.74. The molecular weight excluding hydrogens is 488 g/mol. The zero-order valence-electron chi connectivity index (χ0n) is 20.9. The molecule has 4 aliphatic heterocycles. The highest BCUT2D eigenvalue weighted by molar-refractivity contribution is 8.02. The molecule has 0 bridgehead atoms. The molecule has 192 valence electrons. The third kappa shape index (κ3) is 3.42. The van der Waals surface area contributed by atoms with Gasteiger partial charge in [-0.15, -0.1) is 11.8 Å². The van der Waals surface area contributed by atoms with E-state index < -0.39 is 39.4 Å². The van der Waals surface area contributed by atoms with Crippen LogP contribution in [0.2, 0.25) is 0 Å². The van der Waals surface area contributed by atoms with Gasteiger partial charge in [0.15, 0.2) is 0 Å². The summed E-state index contributed by atoms with van der Waals surface area (Å²) in [6.45, 7) is 4.12. The Kier molecular flexibility index (Phi) is 5.73. The van der Waals surface area contributed by atoms with Crippen LogP contribution in [0.25, 0.3) is 10.8 Å². The molecule has 0 radical (unpaired) electrons. The Balaban J connectivity index is 1.50. The third-order valence-corrected chi connectivity index (χ3v) is 10.2. The van der Waals surface area contributed by atoms with Crippen molar-refractivity contribution in [2.24, 2.45) is 11.8 Å². The summed E-state index contributed by atoms with van der Waals surface area (Å²) in [4.78, 5) is 45.3. The Labute approximate surface area is 220 Å². The van der Waals surface area contributed by atoms with Gasteiger partial charge in [0.1, 0.15) is 12.6 Å². The molecule has 4 heterocycles. The molecule has 1 unspecified atom stereocenters. The molecule has 7 nitrogen and oxygen atoms in total. The molecule has 1 spiro atoms. The molecule has 2 amide bonds. The maximum atomic E-state index is 14.5. The summed E-state index contributed by atoms with van der Waals surface area (Å²) in [6, 6.07) is 12.5. The molecule has 8 heteroatoms. The van der Waals surface area contributed by atoms with Gasteiger partial charge in [0.2, 0.25) is 5.91 Å². The molecule has 0 aliphatic carbocycles. The lowest BCUT2D eigenvalue weighted by Gasteiger charge is -2.39. The van der Waals surface area contributed by atoms with Crippen LogP contribution in [0.1, 0.15) is 20.3 Å². The molecular formula is C29H30N2O5S. The molecule has 2 saturated heterocycles. The van der Waals surface area contributed by atoms with E-state index in [-0.39, 0.29) is 25.0 Å². The van der Waals surface area contributed by atoms with Gasteiger partial charge in [-0.2, -0.15) is 0 Å². The van der Waals surface area contributed by atoms with Gasteiger partial charge in [0.05, 0.1) is 29.2 Å². The van der Waals surface area contributed by atoms with Crippen LogP contribution in [0.4, 0.5) is 5.69 Å². The molecule has 6 atom stereocenters. The van der Waals surface area contributed by atoms with Crippen LogP contribution in [0.15, 0.2) is 66.8 Å². The van der Waals surface area contributed by atoms with Crippen molar-refractivity contribution in [1.29, 1.82) is 0 Å². The molecule has 4 aliphatic rings. The second-order valence-electron chi connectivity index (χ2n) is 10.4. The number of carbonyl (C=O) groups is 3. The van der Waals surface area contributed by atoms with E-state index in [4.69, 9.17) is 4.74 Å². The smallest absolute Gasteiger partial charge is 0.311 e. The number of benzene rings is 2. The minimum Gasteiger partial charge on any atom is -0.461 e. The van der Waals surface area contributed by atoms with Crippen molar-refractivity contribution in [3.8, 4) is 0 Å². The zero-order chi connectivity index (χ0) is 25.9. The lowest BCUT2D eigenvalue weighted by Crippen LogP contribution is -2.56. The Bertz CT molecular complexity index is 1350. The number of thioether (sulfide) groups is 1. The van der Waals surface area contributed by atoms with Crippen LogP contribution in [0, 0.1) is 11.8 Å². The van der Waals surface area contributed by atoms with E-state index in [2.05, 4.69) is 0 Å². The Morgan fingerprint density at radius 1 is 1.05 bits per heavy atom. The summed E-state index contributed by atoms with van der Waals surface area (Å²) in [7, 11) is 0. The summed E-state index contributed by atoms with van der Waals surface area (Å²) in [6.07, 6.45) is 8.21. The van der Waals surface area contributed by atoms with Crippen molar-refractivity contribution < 1.29 is 24.2 Å². The first-order chi connectivity index (χ1) is 17.8. The van der Waals surface area contributed by atoms with Gasteiger partial charge in [-0.05, 0) is 42.3 Å². The van der Waals surface area contributed by atoms with Gasteiger partial charge in [-0.1, -0.05) is 55.5 Å². The van der Waals surface area contributed by atoms with E-state index >= 15 is 0 Å². The van der Waals surface area contributed by atoms with Crippen LogP contribution in [0.3, 0.4) is 0 Å². The van der Waals surface area contributed by atoms with Gasteiger partial charge in [-0.3, -0.25) is 14.4 Å². The fourth-order valence-electron chi connectivity index (χ4n) is 6.68. The van der Waals surface area contributed by atoms with Gasteiger partial charge >= 0.3 is 5.97 Å². The standard InChI is InChI=1S/C29H30N2O5S/c1-3-20(17-32)31-24-26(34)30(21-11-10-18-8-4-5-9-19(18)16-21)14-6-13-29(24)22(25(31)33)23-27(35)36-15-7-12-28(23,2)37-29/h4-13,16,20,22-24,32H,3,14-15,17H2,1-2H3/t20-,22-,23-,24?,28+,29-/m0/s1. The Morgan fingerprint density at radius 3 is 2.59 bits per heavy atom. The number of rotatable bonds is 4. The largest absolute Gasteiger partial charge is 0.461 e. The van der Waals surface area contributed by atoms with Gasteiger partial charge in [0, 0.05) is 17.0 Å². The summed E-state index contributed by atoms with van der Waals surface area (Å²) in [5, 5.41) is 12.3. The molecule has 0 saturated carbocycles. The molecule has 1 N–H and O–H groups in total. The summed E-state index contributed by atoms with van der Waals surface area (Å²) in [5.74, 6) is -2.37. The minimum absolute atomic E-state index is 0.172. The number of likely N-dealkylation sites (tertiary alicyclic amines) is 1. The lowest BCUT2D eigenvalue weighted by molar-refractivity contribution is -0.153. The first-order valence-corrected chi connectivity index (χ1v) is 13.6. The van der Waals surface area contributed by atoms with Crippen molar-refractivity contribution in [2.75, 3.05) is 24.7 Å². The van der Waals surface area contributed by atoms with E-state index in [1.807, 2.05) is 80.6 Å². The number of nitrogens with zero attached hydrogens (tertiary/aromatic N) is 2. The van der Waals surface area contributed by atoms with Crippen LogP contribution >= 0.6 is 11.8 Å². The second-order valence-corrected chi connectivity index (χ2v) is 12.2. The number of hydrogen-bond donors (Lipinski definition) is 1. The Morgan fingerprint density at radius 2 is 1.84 bits per heavy atom. The number of amides is 2. The number of aliphatic hydroxyl groups is 1. The third-order valence-electron chi connectivity index (χ3n) is 8.37. The number of aliphatic hydroxyl groups excluding tert-OH is 1. The van der Waals surface area contributed by atoms with E-state index in [9.17, 15) is 19.5 Å². The van der Waals surface area contributed by atoms with Crippen molar-refractivity contribution in [3.63, 3.8) is 0 Å².